The van der Waals surface area contributed by atoms with Crippen LogP contribution in [0.15, 0.2) is 85.1 Å². The largest absolute Gasteiger partial charge is 0.218 e. The zero-order valence-electron chi connectivity index (χ0n) is 14.1. The third-order valence-corrected chi connectivity index (χ3v) is 5.13. The maximum atomic E-state index is 3.47. The van der Waals surface area contributed by atoms with Gasteiger partial charge in [-0.05, 0) is 46.2 Å². The van der Waals surface area contributed by atoms with Gasteiger partial charge in [0, 0.05) is 17.0 Å². The van der Waals surface area contributed by atoms with Crippen molar-refractivity contribution < 1.29 is 4.98 Å². The standard InChI is InChI=1S/C24H17N/c1-16-6-2-4-8-18(16)24-23-13-12-20-19-9-5-3-7-17(19)10-11-21(20)22(23)14-15-25-24/h2-15H,1H3/p+1. The molecule has 0 saturated heterocycles. The number of hydrogen-bond donors (Lipinski definition) is 0. The van der Waals surface area contributed by atoms with Crippen molar-refractivity contribution in [2.75, 3.05) is 0 Å². The second-order valence-electron chi connectivity index (χ2n) is 6.58. The molecule has 0 bridgehead atoms. The van der Waals surface area contributed by atoms with Crippen molar-refractivity contribution >= 4 is 32.3 Å². The van der Waals surface area contributed by atoms with Crippen molar-refractivity contribution in [2.24, 2.45) is 0 Å². The highest BCUT2D eigenvalue weighted by molar-refractivity contribution is 6.18. The Morgan fingerprint density at radius 3 is 2.16 bits per heavy atom. The molecule has 0 spiro atoms. The highest BCUT2D eigenvalue weighted by atomic mass is 14.7. The van der Waals surface area contributed by atoms with Gasteiger partial charge in [0.05, 0.1) is 5.39 Å². The van der Waals surface area contributed by atoms with Gasteiger partial charge in [-0.1, -0.05) is 60.7 Å². The first kappa shape index (κ1) is 14.2. The molecule has 0 amide bonds. The Labute approximate surface area is 146 Å². The second-order valence-corrected chi connectivity index (χ2v) is 6.58. The van der Waals surface area contributed by atoms with Crippen LogP contribution in [0.4, 0.5) is 0 Å². The summed E-state index contributed by atoms with van der Waals surface area (Å²) in [6.07, 6.45) is 2.05. The minimum absolute atomic E-state index is 1.19. The number of H-pyrrole nitrogens is 1. The van der Waals surface area contributed by atoms with Crippen molar-refractivity contribution in [1.82, 2.24) is 0 Å². The number of nitrogens with one attached hydrogen (secondary N) is 1. The van der Waals surface area contributed by atoms with Gasteiger partial charge in [-0.2, -0.15) is 0 Å². The number of hydrogen-bond acceptors (Lipinski definition) is 0. The summed E-state index contributed by atoms with van der Waals surface area (Å²) in [6.45, 7) is 2.16. The van der Waals surface area contributed by atoms with Crippen LogP contribution in [0.2, 0.25) is 0 Å². The van der Waals surface area contributed by atoms with Crippen molar-refractivity contribution in [3.05, 3.63) is 90.6 Å². The lowest BCUT2D eigenvalue weighted by Crippen LogP contribution is -2.07. The van der Waals surface area contributed by atoms with Gasteiger partial charge in [-0.25, -0.2) is 4.98 Å². The normalized spacial score (nSPS) is 11.4. The molecular weight excluding hydrogens is 302 g/mol. The molecule has 5 aromatic rings. The molecule has 0 radical (unpaired) electrons. The van der Waals surface area contributed by atoms with Gasteiger partial charge in [-0.15, -0.1) is 0 Å². The van der Waals surface area contributed by atoms with Crippen LogP contribution in [-0.4, -0.2) is 0 Å². The van der Waals surface area contributed by atoms with Gasteiger partial charge >= 0.3 is 0 Å². The Morgan fingerprint density at radius 1 is 0.560 bits per heavy atom. The lowest BCUT2D eigenvalue weighted by molar-refractivity contribution is -0.362. The summed E-state index contributed by atoms with van der Waals surface area (Å²) in [5.74, 6) is 0. The van der Waals surface area contributed by atoms with Crippen LogP contribution in [0.5, 0.6) is 0 Å². The van der Waals surface area contributed by atoms with Crippen LogP contribution in [-0.2, 0) is 0 Å². The summed E-state index contributed by atoms with van der Waals surface area (Å²) >= 11 is 0. The first-order valence-electron chi connectivity index (χ1n) is 8.64. The van der Waals surface area contributed by atoms with E-state index in [0.29, 0.717) is 0 Å². The van der Waals surface area contributed by atoms with Crippen LogP contribution < -0.4 is 4.98 Å². The molecule has 118 valence electrons. The van der Waals surface area contributed by atoms with E-state index in [0.717, 1.165) is 0 Å². The van der Waals surface area contributed by atoms with E-state index in [1.54, 1.807) is 0 Å². The van der Waals surface area contributed by atoms with Crippen molar-refractivity contribution in [3.8, 4) is 11.3 Å². The number of pyridine rings is 1. The molecule has 1 nitrogen and oxygen atoms in total. The Kier molecular flexibility index (Phi) is 3.07. The smallest absolute Gasteiger partial charge is 0.211 e. The maximum Gasteiger partial charge on any atom is 0.218 e. The quantitative estimate of drug-likeness (QED) is 0.340. The predicted octanol–water partition coefficient (Wildman–Crippen LogP) is 5.94. The van der Waals surface area contributed by atoms with E-state index in [-0.39, 0.29) is 0 Å². The monoisotopic (exact) mass is 320 g/mol. The third-order valence-electron chi connectivity index (χ3n) is 5.13. The first-order chi connectivity index (χ1) is 12.3. The summed E-state index contributed by atoms with van der Waals surface area (Å²) < 4.78 is 0. The Bertz CT molecular complexity index is 1250. The fourth-order valence-electron chi connectivity index (χ4n) is 3.87. The molecule has 1 aromatic heterocycles. The number of aryl methyl sites for hydroxylation is 1. The van der Waals surface area contributed by atoms with E-state index in [1.165, 1.54) is 49.1 Å². The van der Waals surface area contributed by atoms with Gasteiger partial charge in [0.25, 0.3) is 0 Å². The summed E-state index contributed by atoms with van der Waals surface area (Å²) in [5, 5.41) is 7.77. The number of benzene rings is 4. The van der Waals surface area contributed by atoms with Gasteiger partial charge in [0.2, 0.25) is 5.69 Å². The second kappa shape index (κ2) is 5.42. The van der Waals surface area contributed by atoms with Gasteiger partial charge in [0.15, 0.2) is 6.20 Å². The molecule has 0 aliphatic rings. The molecule has 0 atom stereocenters. The van der Waals surface area contributed by atoms with Gasteiger partial charge < -0.3 is 0 Å². The zero-order chi connectivity index (χ0) is 16.8. The fraction of sp³-hybridized carbons (Fsp3) is 0.0417. The van der Waals surface area contributed by atoms with Crippen LogP contribution in [0.25, 0.3) is 43.6 Å². The van der Waals surface area contributed by atoms with Crippen LogP contribution in [0.3, 0.4) is 0 Å². The molecule has 25 heavy (non-hydrogen) atoms. The molecular formula is C24H18N+. The van der Waals surface area contributed by atoms with E-state index in [1.807, 2.05) is 0 Å². The number of rotatable bonds is 1. The highest BCUT2D eigenvalue weighted by Gasteiger charge is 2.15. The summed E-state index contributed by atoms with van der Waals surface area (Å²) in [4.78, 5) is 3.47. The lowest BCUT2D eigenvalue weighted by atomic mass is 9.94. The van der Waals surface area contributed by atoms with Gasteiger partial charge in [-0.3, -0.25) is 0 Å². The average molecular weight is 320 g/mol. The van der Waals surface area contributed by atoms with Crippen LogP contribution in [0, 0.1) is 6.92 Å². The average Bonchev–Trinajstić information content (AvgIpc) is 2.67. The molecule has 0 unspecified atom stereocenters. The number of aromatic amines is 1. The predicted molar refractivity (Wildman–Crippen MR) is 106 cm³/mol. The van der Waals surface area contributed by atoms with Crippen LogP contribution >= 0.6 is 0 Å². The van der Waals surface area contributed by atoms with E-state index >= 15 is 0 Å². The fourth-order valence-corrected chi connectivity index (χ4v) is 3.87. The van der Waals surface area contributed by atoms with Crippen molar-refractivity contribution in [2.45, 2.75) is 6.92 Å². The molecule has 0 aliphatic carbocycles. The summed E-state index contributed by atoms with van der Waals surface area (Å²) in [6, 6.07) is 28.3. The molecule has 1 N–H and O–H groups in total. The SMILES string of the molecule is Cc1ccccc1-c1[nH+]ccc2c1ccc1c3ccccc3ccc21. The number of aromatic nitrogens is 1. The zero-order valence-corrected chi connectivity index (χ0v) is 14.1. The molecule has 1 heteroatoms. The Balaban J connectivity index is 1.91. The maximum absolute atomic E-state index is 3.47. The van der Waals surface area contributed by atoms with Crippen LogP contribution in [0.1, 0.15) is 5.56 Å². The minimum Gasteiger partial charge on any atom is -0.211 e. The molecule has 0 aliphatic heterocycles. The summed E-state index contributed by atoms with van der Waals surface area (Å²) in [7, 11) is 0. The minimum atomic E-state index is 1.19. The lowest BCUT2D eigenvalue weighted by Gasteiger charge is -2.09. The highest BCUT2D eigenvalue weighted by Crippen LogP contribution is 2.34. The van der Waals surface area contributed by atoms with E-state index in [9.17, 15) is 0 Å². The molecule has 0 fully saturated rings. The van der Waals surface area contributed by atoms with E-state index in [2.05, 4.69) is 97.0 Å². The first-order valence-corrected chi connectivity index (χ1v) is 8.64. The molecule has 4 aromatic carbocycles. The third kappa shape index (κ3) is 2.13. The number of fused-ring (bicyclic) bond motifs is 5. The molecule has 1 heterocycles. The topological polar surface area (TPSA) is 14.1 Å². The van der Waals surface area contributed by atoms with E-state index in [4.69, 9.17) is 0 Å². The molecule has 5 rings (SSSR count). The summed E-state index contributed by atoms with van der Waals surface area (Å²) in [5.41, 5.74) is 3.73. The van der Waals surface area contributed by atoms with E-state index < -0.39 is 0 Å². The Hall–Kier alpha value is -3.19. The molecule has 0 saturated carbocycles. The van der Waals surface area contributed by atoms with Crippen molar-refractivity contribution in [1.29, 1.82) is 0 Å². The van der Waals surface area contributed by atoms with Crippen molar-refractivity contribution in [3.63, 3.8) is 0 Å². The van der Waals surface area contributed by atoms with Gasteiger partial charge in [0.1, 0.15) is 0 Å². The Morgan fingerprint density at radius 2 is 1.24 bits per heavy atom.